The summed E-state index contributed by atoms with van der Waals surface area (Å²) in [5.74, 6) is 0.833. The molecule has 0 aliphatic rings. The SMILES string of the molecule is CCS(=O)(=O)N(Cc1cccnc1)c1ccc(-c2ccc(OC)cc2)cc1. The number of ether oxygens (including phenoxy) is 1. The van der Waals surface area contributed by atoms with Gasteiger partial charge in [0, 0.05) is 12.4 Å². The Morgan fingerprint density at radius 2 is 1.59 bits per heavy atom. The first kappa shape index (κ1) is 18.9. The van der Waals surface area contributed by atoms with Gasteiger partial charge in [-0.25, -0.2) is 8.42 Å². The minimum atomic E-state index is -3.41. The normalized spacial score (nSPS) is 11.2. The van der Waals surface area contributed by atoms with Crippen molar-refractivity contribution in [3.05, 3.63) is 78.6 Å². The Bertz CT molecular complexity index is 970. The maximum absolute atomic E-state index is 12.6. The predicted molar refractivity (Wildman–Crippen MR) is 108 cm³/mol. The summed E-state index contributed by atoms with van der Waals surface area (Å²) in [5, 5.41) is 0. The van der Waals surface area contributed by atoms with Crippen LogP contribution in [0, 0.1) is 0 Å². The number of benzene rings is 2. The summed E-state index contributed by atoms with van der Waals surface area (Å²) in [5.41, 5.74) is 3.53. The van der Waals surface area contributed by atoms with E-state index in [0.29, 0.717) is 5.69 Å². The Hall–Kier alpha value is -2.86. The summed E-state index contributed by atoms with van der Waals surface area (Å²) >= 11 is 0. The summed E-state index contributed by atoms with van der Waals surface area (Å²) in [4.78, 5) is 4.08. The van der Waals surface area contributed by atoms with Gasteiger partial charge in [-0.2, -0.15) is 0 Å². The van der Waals surface area contributed by atoms with Crippen molar-refractivity contribution in [2.24, 2.45) is 0 Å². The number of pyridine rings is 1. The molecule has 0 unspecified atom stereocenters. The zero-order valence-electron chi connectivity index (χ0n) is 15.4. The highest BCUT2D eigenvalue weighted by molar-refractivity contribution is 7.92. The number of rotatable bonds is 7. The van der Waals surface area contributed by atoms with Gasteiger partial charge in [0.25, 0.3) is 0 Å². The highest BCUT2D eigenvalue weighted by atomic mass is 32.2. The summed E-state index contributed by atoms with van der Waals surface area (Å²) in [7, 11) is -1.78. The molecule has 140 valence electrons. The fraction of sp³-hybridized carbons (Fsp3) is 0.190. The van der Waals surface area contributed by atoms with Gasteiger partial charge in [-0.3, -0.25) is 9.29 Å². The second kappa shape index (κ2) is 8.22. The Morgan fingerprint density at radius 3 is 2.11 bits per heavy atom. The molecule has 6 heteroatoms. The Labute approximate surface area is 160 Å². The van der Waals surface area contributed by atoms with Crippen molar-refractivity contribution in [2.75, 3.05) is 17.2 Å². The monoisotopic (exact) mass is 382 g/mol. The average molecular weight is 382 g/mol. The van der Waals surface area contributed by atoms with Crippen LogP contribution in [0.15, 0.2) is 73.1 Å². The molecule has 0 aliphatic carbocycles. The maximum atomic E-state index is 12.6. The molecular weight excluding hydrogens is 360 g/mol. The van der Waals surface area contributed by atoms with E-state index in [2.05, 4.69) is 4.98 Å². The van der Waals surface area contributed by atoms with Gasteiger partial charge < -0.3 is 4.74 Å². The first-order chi connectivity index (χ1) is 13.0. The highest BCUT2D eigenvalue weighted by Crippen LogP contribution is 2.27. The second-order valence-corrected chi connectivity index (χ2v) is 8.23. The van der Waals surface area contributed by atoms with E-state index in [4.69, 9.17) is 4.74 Å². The molecule has 3 rings (SSSR count). The molecule has 3 aromatic rings. The molecule has 0 atom stereocenters. The number of methoxy groups -OCH3 is 1. The van der Waals surface area contributed by atoms with E-state index in [0.717, 1.165) is 22.4 Å². The van der Waals surface area contributed by atoms with Crippen LogP contribution in [-0.4, -0.2) is 26.3 Å². The fourth-order valence-electron chi connectivity index (χ4n) is 2.77. The Balaban J connectivity index is 1.90. The van der Waals surface area contributed by atoms with E-state index in [1.54, 1.807) is 32.5 Å². The number of anilines is 1. The molecule has 0 fully saturated rings. The van der Waals surface area contributed by atoms with Crippen LogP contribution in [0.2, 0.25) is 0 Å². The van der Waals surface area contributed by atoms with Crippen molar-refractivity contribution in [3.63, 3.8) is 0 Å². The molecule has 5 nitrogen and oxygen atoms in total. The topological polar surface area (TPSA) is 59.5 Å². The zero-order chi connectivity index (χ0) is 19.3. The van der Waals surface area contributed by atoms with Crippen LogP contribution in [-0.2, 0) is 16.6 Å². The quantitative estimate of drug-likeness (QED) is 0.617. The van der Waals surface area contributed by atoms with E-state index in [9.17, 15) is 8.42 Å². The van der Waals surface area contributed by atoms with E-state index in [1.165, 1.54) is 4.31 Å². The van der Waals surface area contributed by atoms with Gasteiger partial charge in [-0.05, 0) is 53.9 Å². The first-order valence-electron chi connectivity index (χ1n) is 8.67. The minimum Gasteiger partial charge on any atom is -0.497 e. The van der Waals surface area contributed by atoms with Crippen molar-refractivity contribution >= 4 is 15.7 Å². The average Bonchev–Trinajstić information content (AvgIpc) is 2.73. The van der Waals surface area contributed by atoms with Gasteiger partial charge >= 0.3 is 0 Å². The largest absolute Gasteiger partial charge is 0.497 e. The summed E-state index contributed by atoms with van der Waals surface area (Å²) < 4.78 is 31.9. The maximum Gasteiger partial charge on any atom is 0.235 e. The van der Waals surface area contributed by atoms with E-state index in [-0.39, 0.29) is 12.3 Å². The summed E-state index contributed by atoms with van der Waals surface area (Å²) in [6.07, 6.45) is 3.36. The molecule has 0 saturated carbocycles. The minimum absolute atomic E-state index is 0.0352. The number of aromatic nitrogens is 1. The Kier molecular flexibility index (Phi) is 5.76. The van der Waals surface area contributed by atoms with Crippen molar-refractivity contribution in [3.8, 4) is 16.9 Å². The summed E-state index contributed by atoms with van der Waals surface area (Å²) in [6, 6.07) is 19.0. The summed E-state index contributed by atoms with van der Waals surface area (Å²) in [6.45, 7) is 1.91. The van der Waals surface area contributed by atoms with Crippen LogP contribution < -0.4 is 9.04 Å². The third-order valence-electron chi connectivity index (χ3n) is 4.33. The lowest BCUT2D eigenvalue weighted by Gasteiger charge is -2.24. The van der Waals surface area contributed by atoms with Crippen molar-refractivity contribution < 1.29 is 13.2 Å². The Morgan fingerprint density at radius 1 is 0.963 bits per heavy atom. The number of sulfonamides is 1. The van der Waals surface area contributed by atoms with Gasteiger partial charge in [0.1, 0.15) is 5.75 Å². The molecule has 0 radical (unpaired) electrons. The van der Waals surface area contributed by atoms with Crippen LogP contribution in [0.5, 0.6) is 5.75 Å². The van der Waals surface area contributed by atoms with Gasteiger partial charge in [0.2, 0.25) is 10.0 Å². The van der Waals surface area contributed by atoms with E-state index in [1.807, 2.05) is 54.6 Å². The lowest BCUT2D eigenvalue weighted by Crippen LogP contribution is -2.31. The molecule has 27 heavy (non-hydrogen) atoms. The number of hydrogen-bond donors (Lipinski definition) is 0. The lowest BCUT2D eigenvalue weighted by molar-refractivity contribution is 0.415. The molecule has 1 aromatic heterocycles. The third-order valence-corrected chi connectivity index (χ3v) is 6.07. The van der Waals surface area contributed by atoms with Gasteiger partial charge in [0.15, 0.2) is 0 Å². The number of hydrogen-bond acceptors (Lipinski definition) is 4. The molecule has 2 aromatic carbocycles. The third kappa shape index (κ3) is 4.46. The van der Waals surface area contributed by atoms with Crippen LogP contribution in [0.3, 0.4) is 0 Å². The van der Waals surface area contributed by atoms with Gasteiger partial charge in [-0.15, -0.1) is 0 Å². The predicted octanol–water partition coefficient (Wildman–Crippen LogP) is 4.11. The first-order valence-corrected chi connectivity index (χ1v) is 10.3. The van der Waals surface area contributed by atoms with Crippen LogP contribution in [0.4, 0.5) is 5.69 Å². The van der Waals surface area contributed by atoms with E-state index < -0.39 is 10.0 Å². The zero-order valence-corrected chi connectivity index (χ0v) is 16.2. The molecule has 0 bridgehead atoms. The van der Waals surface area contributed by atoms with Crippen LogP contribution in [0.1, 0.15) is 12.5 Å². The molecule has 0 saturated heterocycles. The van der Waals surface area contributed by atoms with E-state index >= 15 is 0 Å². The smallest absolute Gasteiger partial charge is 0.235 e. The van der Waals surface area contributed by atoms with Crippen molar-refractivity contribution in [2.45, 2.75) is 13.5 Å². The molecule has 0 amide bonds. The standard InChI is InChI=1S/C21H22N2O3S/c1-3-27(24,25)23(16-17-5-4-14-22-15-17)20-10-6-18(7-11-20)19-8-12-21(26-2)13-9-19/h4-15H,3,16H2,1-2H3. The van der Waals surface area contributed by atoms with Crippen LogP contribution in [0.25, 0.3) is 11.1 Å². The van der Waals surface area contributed by atoms with Gasteiger partial charge in [-0.1, -0.05) is 30.3 Å². The van der Waals surface area contributed by atoms with Gasteiger partial charge in [0.05, 0.1) is 25.1 Å². The lowest BCUT2D eigenvalue weighted by atomic mass is 10.1. The second-order valence-electron chi connectivity index (χ2n) is 6.04. The molecule has 0 N–H and O–H groups in total. The van der Waals surface area contributed by atoms with Crippen molar-refractivity contribution in [1.29, 1.82) is 0 Å². The molecule has 0 spiro atoms. The fourth-order valence-corrected chi connectivity index (χ4v) is 3.87. The molecule has 1 heterocycles. The van der Waals surface area contributed by atoms with Crippen LogP contribution >= 0.6 is 0 Å². The molecular formula is C21H22N2O3S. The highest BCUT2D eigenvalue weighted by Gasteiger charge is 2.21. The molecule has 0 aliphatic heterocycles. The van der Waals surface area contributed by atoms with Crippen molar-refractivity contribution in [1.82, 2.24) is 4.98 Å². The number of nitrogens with zero attached hydrogens (tertiary/aromatic N) is 2.